The van der Waals surface area contributed by atoms with Gasteiger partial charge in [0.1, 0.15) is 0 Å². The van der Waals surface area contributed by atoms with E-state index in [9.17, 15) is 13.2 Å². The van der Waals surface area contributed by atoms with E-state index in [0.717, 1.165) is 11.8 Å². The Labute approximate surface area is 77.3 Å². The maximum Gasteiger partial charge on any atom is 0.174 e. The lowest BCUT2D eigenvalue weighted by molar-refractivity contribution is 0.478. The summed E-state index contributed by atoms with van der Waals surface area (Å²) in [6.07, 6.45) is 0. The highest BCUT2D eigenvalue weighted by Gasteiger charge is 2.21. The smallest absolute Gasteiger partial charge is 0.174 e. The molecule has 0 atom stereocenters. The SMILES string of the molecule is Fc1cc(F)c2c(c1F)SCCN2. The van der Waals surface area contributed by atoms with Crippen LogP contribution in [0.5, 0.6) is 0 Å². The van der Waals surface area contributed by atoms with E-state index in [1.54, 1.807) is 0 Å². The van der Waals surface area contributed by atoms with Gasteiger partial charge in [-0.2, -0.15) is 0 Å². The van der Waals surface area contributed by atoms with Crippen LogP contribution in [0.2, 0.25) is 0 Å². The first-order valence-electron chi connectivity index (χ1n) is 3.74. The average molecular weight is 205 g/mol. The zero-order chi connectivity index (χ0) is 9.42. The van der Waals surface area contributed by atoms with Crippen LogP contribution in [-0.4, -0.2) is 12.3 Å². The summed E-state index contributed by atoms with van der Waals surface area (Å²) >= 11 is 1.13. The van der Waals surface area contributed by atoms with Gasteiger partial charge in [-0.15, -0.1) is 11.8 Å². The molecule has 1 aromatic rings. The molecule has 0 saturated heterocycles. The summed E-state index contributed by atoms with van der Waals surface area (Å²) in [5.41, 5.74) is 0.0788. The van der Waals surface area contributed by atoms with E-state index in [1.165, 1.54) is 0 Å². The standard InChI is InChI=1S/C8H6F3NS/c9-4-3-5(10)7-8(6(4)11)13-2-1-12-7/h3,12H,1-2H2. The largest absolute Gasteiger partial charge is 0.381 e. The average Bonchev–Trinajstić information content (AvgIpc) is 2.15. The van der Waals surface area contributed by atoms with Gasteiger partial charge < -0.3 is 5.32 Å². The molecule has 1 aromatic carbocycles. The van der Waals surface area contributed by atoms with Crippen molar-refractivity contribution in [1.29, 1.82) is 0 Å². The molecule has 1 aliphatic heterocycles. The van der Waals surface area contributed by atoms with Crippen molar-refractivity contribution in [2.24, 2.45) is 0 Å². The number of benzene rings is 1. The van der Waals surface area contributed by atoms with Crippen molar-refractivity contribution < 1.29 is 13.2 Å². The second-order valence-electron chi connectivity index (χ2n) is 2.63. The van der Waals surface area contributed by atoms with Gasteiger partial charge in [-0.05, 0) is 0 Å². The van der Waals surface area contributed by atoms with Crippen LogP contribution < -0.4 is 5.32 Å². The van der Waals surface area contributed by atoms with Gasteiger partial charge >= 0.3 is 0 Å². The molecule has 1 nitrogen and oxygen atoms in total. The van der Waals surface area contributed by atoms with E-state index in [2.05, 4.69) is 5.32 Å². The Hall–Kier alpha value is -0.840. The Balaban J connectivity index is 2.63. The lowest BCUT2D eigenvalue weighted by Crippen LogP contribution is -2.13. The van der Waals surface area contributed by atoms with Gasteiger partial charge in [0.15, 0.2) is 17.5 Å². The van der Waals surface area contributed by atoms with E-state index >= 15 is 0 Å². The summed E-state index contributed by atoms with van der Waals surface area (Å²) < 4.78 is 38.8. The second kappa shape index (κ2) is 3.14. The zero-order valence-electron chi connectivity index (χ0n) is 6.53. The van der Waals surface area contributed by atoms with E-state index in [4.69, 9.17) is 0 Å². The number of anilines is 1. The van der Waals surface area contributed by atoms with Crippen molar-refractivity contribution in [1.82, 2.24) is 0 Å². The predicted octanol–water partition coefficient (Wildman–Crippen LogP) is 2.62. The van der Waals surface area contributed by atoms with Crippen LogP contribution in [0.3, 0.4) is 0 Å². The van der Waals surface area contributed by atoms with E-state index in [-0.39, 0.29) is 10.6 Å². The number of hydrogen-bond donors (Lipinski definition) is 1. The molecule has 0 unspecified atom stereocenters. The highest BCUT2D eigenvalue weighted by Crippen LogP contribution is 2.36. The van der Waals surface area contributed by atoms with Crippen LogP contribution in [0.4, 0.5) is 18.9 Å². The lowest BCUT2D eigenvalue weighted by atomic mass is 10.2. The molecule has 1 aliphatic rings. The predicted molar refractivity (Wildman–Crippen MR) is 45.5 cm³/mol. The third kappa shape index (κ3) is 1.37. The Morgan fingerprint density at radius 1 is 1.23 bits per heavy atom. The van der Waals surface area contributed by atoms with Crippen molar-refractivity contribution in [3.8, 4) is 0 Å². The topological polar surface area (TPSA) is 12.0 Å². The first kappa shape index (κ1) is 8.74. The first-order valence-corrected chi connectivity index (χ1v) is 4.73. The van der Waals surface area contributed by atoms with Gasteiger partial charge in [-0.3, -0.25) is 0 Å². The van der Waals surface area contributed by atoms with Gasteiger partial charge in [0, 0.05) is 18.4 Å². The number of hydrogen-bond acceptors (Lipinski definition) is 2. The molecule has 1 heterocycles. The molecule has 13 heavy (non-hydrogen) atoms. The summed E-state index contributed by atoms with van der Waals surface area (Å²) in [5, 5.41) is 2.70. The van der Waals surface area contributed by atoms with Crippen LogP contribution in [0, 0.1) is 17.5 Å². The number of halogens is 3. The van der Waals surface area contributed by atoms with Crippen LogP contribution in [0.1, 0.15) is 0 Å². The van der Waals surface area contributed by atoms with E-state index in [0.29, 0.717) is 18.4 Å². The fourth-order valence-electron chi connectivity index (χ4n) is 1.20. The Bertz CT molecular complexity index is 354. The molecule has 0 aliphatic carbocycles. The highest BCUT2D eigenvalue weighted by molar-refractivity contribution is 7.99. The molecule has 1 N–H and O–H groups in total. The second-order valence-corrected chi connectivity index (χ2v) is 3.74. The van der Waals surface area contributed by atoms with Crippen molar-refractivity contribution in [2.45, 2.75) is 4.90 Å². The van der Waals surface area contributed by atoms with E-state index in [1.807, 2.05) is 0 Å². The van der Waals surface area contributed by atoms with Crippen molar-refractivity contribution >= 4 is 17.4 Å². The monoisotopic (exact) mass is 205 g/mol. The van der Waals surface area contributed by atoms with Gasteiger partial charge in [0.25, 0.3) is 0 Å². The van der Waals surface area contributed by atoms with Gasteiger partial charge in [-0.25, -0.2) is 13.2 Å². The molecule has 2 rings (SSSR count). The number of nitrogens with one attached hydrogen (secondary N) is 1. The minimum Gasteiger partial charge on any atom is -0.381 e. The molecular formula is C8H6F3NS. The van der Waals surface area contributed by atoms with Crippen molar-refractivity contribution in [3.05, 3.63) is 23.5 Å². The van der Waals surface area contributed by atoms with Gasteiger partial charge in [0.2, 0.25) is 0 Å². The molecule has 0 saturated carbocycles. The number of fused-ring (bicyclic) bond motifs is 1. The fourth-order valence-corrected chi connectivity index (χ4v) is 2.15. The van der Waals surface area contributed by atoms with Crippen molar-refractivity contribution in [3.63, 3.8) is 0 Å². The molecule has 5 heteroatoms. The molecule has 0 fully saturated rings. The van der Waals surface area contributed by atoms with Crippen LogP contribution >= 0.6 is 11.8 Å². The minimum absolute atomic E-state index is 0.0451. The molecule has 0 aromatic heterocycles. The third-order valence-corrected chi connectivity index (χ3v) is 2.86. The maximum atomic E-state index is 13.1. The normalized spacial score (nSPS) is 15.0. The first-order chi connectivity index (χ1) is 6.20. The molecule has 0 radical (unpaired) electrons. The summed E-state index contributed by atoms with van der Waals surface area (Å²) in [4.78, 5) is 0.0451. The molecular weight excluding hydrogens is 199 g/mol. The number of thioether (sulfide) groups is 1. The van der Waals surface area contributed by atoms with Gasteiger partial charge in [-0.1, -0.05) is 0 Å². The maximum absolute atomic E-state index is 13.1. The zero-order valence-corrected chi connectivity index (χ0v) is 7.35. The summed E-state index contributed by atoms with van der Waals surface area (Å²) in [7, 11) is 0. The Morgan fingerprint density at radius 3 is 2.77 bits per heavy atom. The van der Waals surface area contributed by atoms with Gasteiger partial charge in [0.05, 0.1) is 10.6 Å². The molecule has 0 amide bonds. The molecule has 0 bridgehead atoms. The summed E-state index contributed by atoms with van der Waals surface area (Å²) in [5.74, 6) is -2.21. The summed E-state index contributed by atoms with van der Waals surface area (Å²) in [6, 6.07) is 0.563. The Morgan fingerprint density at radius 2 is 2.00 bits per heavy atom. The quantitative estimate of drug-likeness (QED) is 0.653. The van der Waals surface area contributed by atoms with Crippen LogP contribution in [0.25, 0.3) is 0 Å². The van der Waals surface area contributed by atoms with Crippen LogP contribution in [-0.2, 0) is 0 Å². The minimum atomic E-state index is -1.13. The molecule has 0 spiro atoms. The highest BCUT2D eigenvalue weighted by atomic mass is 32.2. The summed E-state index contributed by atoms with van der Waals surface area (Å²) in [6.45, 7) is 0.569. The van der Waals surface area contributed by atoms with E-state index < -0.39 is 17.5 Å². The fraction of sp³-hybridized carbons (Fsp3) is 0.250. The van der Waals surface area contributed by atoms with Crippen LogP contribution in [0.15, 0.2) is 11.0 Å². The number of rotatable bonds is 0. The lowest BCUT2D eigenvalue weighted by Gasteiger charge is -2.18. The third-order valence-electron chi connectivity index (χ3n) is 1.78. The van der Waals surface area contributed by atoms with Crippen molar-refractivity contribution in [2.75, 3.05) is 17.6 Å². The Kier molecular flexibility index (Phi) is 2.11. The molecule has 70 valence electrons.